The Kier molecular flexibility index (Phi) is 4.15. The highest BCUT2D eigenvalue weighted by atomic mass is 35.5. The summed E-state index contributed by atoms with van der Waals surface area (Å²) < 4.78 is 0. The maximum atomic E-state index is 11.6. The molecule has 0 bridgehead atoms. The lowest BCUT2D eigenvalue weighted by atomic mass is 9.87. The summed E-state index contributed by atoms with van der Waals surface area (Å²) in [6.07, 6.45) is 2.92. The van der Waals surface area contributed by atoms with Gasteiger partial charge in [0.1, 0.15) is 17.5 Å². The fraction of sp³-hybridized carbons (Fsp3) is 0.308. The molecule has 0 unspecified atom stereocenters. The van der Waals surface area contributed by atoms with Crippen LogP contribution in [0.4, 0.5) is 5.69 Å². The van der Waals surface area contributed by atoms with Crippen LogP contribution in [0.5, 0.6) is 0 Å². The average Bonchev–Trinajstić information content (AvgIpc) is 2.27. The third-order valence-corrected chi connectivity index (χ3v) is 3.20. The van der Waals surface area contributed by atoms with Gasteiger partial charge in [0.15, 0.2) is 0 Å². The molecule has 0 heterocycles. The van der Waals surface area contributed by atoms with Crippen LogP contribution in [0, 0.1) is 5.92 Å². The predicted octanol–water partition coefficient (Wildman–Crippen LogP) is 3.63. The molecular formula is C13H11Cl2NO2. The van der Waals surface area contributed by atoms with Gasteiger partial charge >= 0.3 is 0 Å². The monoisotopic (exact) mass is 283 g/mol. The van der Waals surface area contributed by atoms with Crippen molar-refractivity contribution in [1.29, 1.82) is 0 Å². The number of hydrogen-bond donors (Lipinski definition) is 0. The van der Waals surface area contributed by atoms with Crippen molar-refractivity contribution in [3.63, 3.8) is 0 Å². The zero-order valence-electron chi connectivity index (χ0n) is 9.53. The molecule has 0 spiro atoms. The van der Waals surface area contributed by atoms with Crippen molar-refractivity contribution in [2.45, 2.75) is 19.3 Å². The number of halogens is 2. The fourth-order valence-electron chi connectivity index (χ4n) is 1.87. The molecule has 0 aromatic heterocycles. The second-order valence-electron chi connectivity index (χ2n) is 4.17. The van der Waals surface area contributed by atoms with Crippen LogP contribution < -0.4 is 0 Å². The smallest absolute Gasteiger partial charge is 0.148 e. The van der Waals surface area contributed by atoms with Crippen LogP contribution >= 0.6 is 23.2 Å². The van der Waals surface area contributed by atoms with Gasteiger partial charge in [-0.2, -0.15) is 0 Å². The van der Waals surface area contributed by atoms with Crippen molar-refractivity contribution >= 4 is 46.7 Å². The first kappa shape index (κ1) is 13.2. The molecule has 1 saturated carbocycles. The lowest BCUT2D eigenvalue weighted by Crippen LogP contribution is -2.29. The summed E-state index contributed by atoms with van der Waals surface area (Å²) >= 11 is 11.7. The van der Waals surface area contributed by atoms with Gasteiger partial charge in [0.25, 0.3) is 0 Å². The number of Topliss-reactive ketones (excluding diaryl/α,β-unsaturated/α-hetero) is 2. The van der Waals surface area contributed by atoms with Gasteiger partial charge < -0.3 is 0 Å². The molecule has 1 aromatic carbocycles. The van der Waals surface area contributed by atoms with Gasteiger partial charge in [-0.15, -0.1) is 0 Å². The Hall–Kier alpha value is -1.19. The summed E-state index contributed by atoms with van der Waals surface area (Å²) in [5, 5.41) is 0.937. The molecule has 0 aliphatic heterocycles. The number of carbonyl (C=O) groups excluding carboxylic acids is 2. The van der Waals surface area contributed by atoms with Crippen molar-refractivity contribution in [3.05, 3.63) is 28.2 Å². The van der Waals surface area contributed by atoms with Crippen LogP contribution in [-0.2, 0) is 9.59 Å². The van der Waals surface area contributed by atoms with E-state index in [-0.39, 0.29) is 11.6 Å². The van der Waals surface area contributed by atoms with E-state index in [9.17, 15) is 9.59 Å². The molecule has 3 nitrogen and oxygen atoms in total. The summed E-state index contributed by atoms with van der Waals surface area (Å²) in [7, 11) is 0. The summed E-state index contributed by atoms with van der Waals surface area (Å²) in [5.74, 6) is -0.845. The second kappa shape index (κ2) is 5.63. The van der Waals surface area contributed by atoms with Gasteiger partial charge in [0, 0.05) is 29.1 Å². The van der Waals surface area contributed by atoms with Crippen LogP contribution in [0.2, 0.25) is 10.0 Å². The molecular weight excluding hydrogens is 273 g/mol. The Morgan fingerprint density at radius 2 is 1.61 bits per heavy atom. The van der Waals surface area contributed by atoms with Gasteiger partial charge in [-0.25, -0.2) is 0 Å². The molecule has 0 amide bonds. The third kappa shape index (κ3) is 3.18. The van der Waals surface area contributed by atoms with E-state index < -0.39 is 5.92 Å². The van der Waals surface area contributed by atoms with Crippen molar-refractivity contribution in [1.82, 2.24) is 0 Å². The van der Waals surface area contributed by atoms with Crippen LogP contribution in [0.1, 0.15) is 19.3 Å². The van der Waals surface area contributed by atoms with Gasteiger partial charge in [-0.1, -0.05) is 23.2 Å². The van der Waals surface area contributed by atoms with E-state index in [2.05, 4.69) is 4.99 Å². The molecule has 1 aliphatic carbocycles. The molecule has 0 atom stereocenters. The number of carbonyl (C=O) groups is 2. The molecule has 0 radical (unpaired) electrons. The highest BCUT2D eigenvalue weighted by molar-refractivity contribution is 6.35. The van der Waals surface area contributed by atoms with Crippen molar-refractivity contribution in [2.75, 3.05) is 0 Å². The Bertz CT molecular complexity index is 489. The molecule has 5 heteroatoms. The second-order valence-corrected chi connectivity index (χ2v) is 5.04. The van der Waals surface area contributed by atoms with Gasteiger partial charge in [-0.3, -0.25) is 14.6 Å². The zero-order valence-corrected chi connectivity index (χ0v) is 11.0. The van der Waals surface area contributed by atoms with Crippen LogP contribution in [0.25, 0.3) is 0 Å². The van der Waals surface area contributed by atoms with E-state index in [0.717, 1.165) is 0 Å². The lowest BCUT2D eigenvalue weighted by Gasteiger charge is -2.14. The Labute approximate surface area is 115 Å². The maximum absolute atomic E-state index is 11.6. The van der Waals surface area contributed by atoms with Gasteiger partial charge in [0.05, 0.1) is 5.69 Å². The summed E-state index contributed by atoms with van der Waals surface area (Å²) in [4.78, 5) is 27.3. The lowest BCUT2D eigenvalue weighted by molar-refractivity contribution is -0.132. The van der Waals surface area contributed by atoms with E-state index in [1.165, 1.54) is 6.21 Å². The van der Waals surface area contributed by atoms with Gasteiger partial charge in [0.2, 0.25) is 0 Å². The standard InChI is InChI=1S/C13H11Cl2NO2/c14-8-4-9(15)6-10(5-8)16-7-11-12(17)2-1-3-13(11)18/h4-7,11H,1-3H2. The van der Waals surface area contributed by atoms with E-state index in [1.54, 1.807) is 18.2 Å². The first-order valence-corrected chi connectivity index (χ1v) is 6.37. The van der Waals surface area contributed by atoms with Crippen molar-refractivity contribution in [2.24, 2.45) is 10.9 Å². The quantitative estimate of drug-likeness (QED) is 0.615. The number of nitrogens with zero attached hydrogens (tertiary/aromatic N) is 1. The molecule has 1 aliphatic rings. The minimum Gasteiger partial charge on any atom is -0.298 e. The predicted molar refractivity (Wildman–Crippen MR) is 72.0 cm³/mol. The summed E-state index contributed by atoms with van der Waals surface area (Å²) in [6.45, 7) is 0. The zero-order chi connectivity index (χ0) is 13.1. The SMILES string of the molecule is O=C1CCCC(=O)C1C=Nc1cc(Cl)cc(Cl)c1. The van der Waals surface area contributed by atoms with Crippen LogP contribution in [0.15, 0.2) is 23.2 Å². The fourth-order valence-corrected chi connectivity index (χ4v) is 2.38. The number of rotatable bonds is 2. The molecule has 94 valence electrons. The molecule has 1 aromatic rings. The van der Waals surface area contributed by atoms with Crippen molar-refractivity contribution in [3.8, 4) is 0 Å². The van der Waals surface area contributed by atoms with Gasteiger partial charge in [-0.05, 0) is 24.6 Å². The van der Waals surface area contributed by atoms with Crippen LogP contribution in [-0.4, -0.2) is 17.8 Å². The molecule has 0 N–H and O–H groups in total. The normalized spacial score (nSPS) is 17.7. The van der Waals surface area contributed by atoms with E-state index in [1.807, 2.05) is 0 Å². The van der Waals surface area contributed by atoms with E-state index >= 15 is 0 Å². The first-order chi connectivity index (χ1) is 8.56. The third-order valence-electron chi connectivity index (χ3n) is 2.76. The molecule has 0 saturated heterocycles. The largest absolute Gasteiger partial charge is 0.298 e. The Morgan fingerprint density at radius 1 is 1.06 bits per heavy atom. The number of hydrogen-bond acceptors (Lipinski definition) is 3. The molecule has 2 rings (SSSR count). The Balaban J connectivity index is 2.19. The first-order valence-electron chi connectivity index (χ1n) is 5.62. The maximum Gasteiger partial charge on any atom is 0.148 e. The van der Waals surface area contributed by atoms with E-state index in [4.69, 9.17) is 23.2 Å². The molecule has 1 fully saturated rings. The Morgan fingerprint density at radius 3 is 2.17 bits per heavy atom. The highest BCUT2D eigenvalue weighted by Crippen LogP contribution is 2.25. The summed E-state index contributed by atoms with van der Waals surface area (Å²) in [6, 6.07) is 4.85. The minimum atomic E-state index is -0.712. The minimum absolute atomic E-state index is 0.0666. The number of ketones is 2. The highest BCUT2D eigenvalue weighted by Gasteiger charge is 2.28. The molecule has 18 heavy (non-hydrogen) atoms. The van der Waals surface area contributed by atoms with Crippen LogP contribution in [0.3, 0.4) is 0 Å². The topological polar surface area (TPSA) is 46.5 Å². The summed E-state index contributed by atoms with van der Waals surface area (Å²) in [5.41, 5.74) is 0.540. The number of aliphatic imine (C=N–C) groups is 1. The number of benzene rings is 1. The van der Waals surface area contributed by atoms with E-state index in [0.29, 0.717) is 35.0 Å². The van der Waals surface area contributed by atoms with Crippen molar-refractivity contribution < 1.29 is 9.59 Å². The average molecular weight is 284 g/mol.